The molecule has 10 atom stereocenters. The van der Waals surface area contributed by atoms with Crippen LogP contribution in [0.1, 0.15) is 0 Å². The minimum absolute atomic E-state index is 0.464. The smallest absolute Gasteiger partial charge is 0.414 e. The van der Waals surface area contributed by atoms with Crippen LogP contribution in [0.5, 0.6) is 0 Å². The fourth-order valence-corrected chi connectivity index (χ4v) is 2.56. The van der Waals surface area contributed by atoms with Crippen LogP contribution in [0, 0.1) is 0 Å². The number of hydroxylamine groups is 2. The van der Waals surface area contributed by atoms with E-state index in [4.69, 9.17) is 49.2 Å². The summed E-state index contributed by atoms with van der Waals surface area (Å²) in [6.07, 6.45) is -12.3. The minimum Gasteiger partial charge on any atom is -0.473 e. The number of carbonyl (C=O) groups is 2. The van der Waals surface area contributed by atoms with Gasteiger partial charge >= 0.3 is 11.9 Å². The van der Waals surface area contributed by atoms with E-state index >= 15 is 0 Å². The van der Waals surface area contributed by atoms with Crippen LogP contribution in [-0.2, 0) is 28.7 Å². The number of hydrogen-bond donors (Lipinski definition) is 12. The summed E-state index contributed by atoms with van der Waals surface area (Å²) in [6, 6.07) is 0. The van der Waals surface area contributed by atoms with Crippen LogP contribution in [0.2, 0.25) is 0 Å². The third-order valence-electron chi connectivity index (χ3n) is 4.35. The van der Waals surface area contributed by atoms with Gasteiger partial charge in [-0.25, -0.2) is 20.5 Å². The summed E-state index contributed by atoms with van der Waals surface area (Å²) in [7, 11) is 2.92. The largest absolute Gasteiger partial charge is 0.473 e. The predicted octanol–water partition coefficient (Wildman–Crippen LogP) is -6.97. The highest BCUT2D eigenvalue weighted by Crippen LogP contribution is 2.22. The average molecular weight is 508 g/mol. The topological polar surface area (TPSA) is 297 Å². The SMILES string of the molecule is CNOC1O[C@H](CO)[C@@H](O)[C@H](O)[C@H]1O.CNOC1O[C@H](CO)[C@@H](O)[C@H](O)[C@H]1O.O=C(O)C(=O)O. The highest BCUT2D eigenvalue weighted by atomic mass is 16.8. The Bertz CT molecular complexity index is 541. The number of aliphatic carboxylic acids is 2. The molecule has 2 heterocycles. The van der Waals surface area contributed by atoms with E-state index in [9.17, 15) is 30.6 Å². The molecule has 0 aromatic carbocycles. The number of nitrogens with one attached hydrogen (secondary N) is 2. The van der Waals surface area contributed by atoms with E-state index in [1.807, 2.05) is 0 Å². The fraction of sp³-hybridized carbons (Fsp3) is 0.875. The molecule has 202 valence electrons. The predicted molar refractivity (Wildman–Crippen MR) is 103 cm³/mol. The van der Waals surface area contributed by atoms with Crippen LogP contribution in [0.4, 0.5) is 0 Å². The second kappa shape index (κ2) is 16.1. The lowest BCUT2D eigenvalue weighted by atomic mass is 9.99. The van der Waals surface area contributed by atoms with Gasteiger partial charge in [0.15, 0.2) is 0 Å². The van der Waals surface area contributed by atoms with Crippen LogP contribution in [0.3, 0.4) is 0 Å². The van der Waals surface area contributed by atoms with Gasteiger partial charge in [-0.05, 0) is 0 Å². The number of aliphatic hydroxyl groups is 8. The standard InChI is InChI=1S/2C7H15NO6.C2H2O4/c2*1-8-14-7-6(12)5(11)4(10)3(2-9)13-7;3-1(4)2(5)6/h2*3-12H,2H2,1H3;(H,3,4)(H,5,6)/t2*3-,4-,5+,6-,7?;/m11./s1. The third-order valence-corrected chi connectivity index (χ3v) is 4.35. The molecule has 18 nitrogen and oxygen atoms in total. The molecule has 0 aliphatic carbocycles. The first kappa shape index (κ1) is 32.4. The molecular formula is C16H32N2O16. The Morgan fingerprint density at radius 2 is 0.941 bits per heavy atom. The lowest BCUT2D eigenvalue weighted by Gasteiger charge is -2.39. The first-order valence-electron chi connectivity index (χ1n) is 9.59. The molecule has 34 heavy (non-hydrogen) atoms. The summed E-state index contributed by atoms with van der Waals surface area (Å²) in [5.74, 6) is -3.65. The number of aliphatic hydroxyl groups excluding tert-OH is 8. The van der Waals surface area contributed by atoms with E-state index < -0.39 is 86.6 Å². The molecule has 2 saturated heterocycles. The summed E-state index contributed by atoms with van der Waals surface area (Å²) in [4.78, 5) is 27.7. The summed E-state index contributed by atoms with van der Waals surface area (Å²) in [6.45, 7) is -0.928. The fourth-order valence-electron chi connectivity index (χ4n) is 2.56. The highest BCUT2D eigenvalue weighted by Gasteiger charge is 2.45. The molecule has 0 bridgehead atoms. The number of carboxylic acid groups (broad SMARTS) is 2. The van der Waals surface area contributed by atoms with Gasteiger partial charge < -0.3 is 60.5 Å². The van der Waals surface area contributed by atoms with Gasteiger partial charge in [-0.2, -0.15) is 0 Å². The van der Waals surface area contributed by atoms with E-state index in [1.54, 1.807) is 0 Å². The van der Waals surface area contributed by atoms with Gasteiger partial charge in [-0.1, -0.05) is 0 Å². The van der Waals surface area contributed by atoms with Crippen molar-refractivity contribution in [2.24, 2.45) is 0 Å². The summed E-state index contributed by atoms with van der Waals surface area (Å²) in [5.41, 5.74) is 4.58. The van der Waals surface area contributed by atoms with Crippen molar-refractivity contribution in [3.63, 3.8) is 0 Å². The van der Waals surface area contributed by atoms with E-state index in [0.29, 0.717) is 0 Å². The van der Waals surface area contributed by atoms with E-state index in [2.05, 4.69) is 11.0 Å². The molecule has 0 aromatic rings. The molecule has 2 unspecified atom stereocenters. The Hall–Kier alpha value is -1.62. The quantitative estimate of drug-likeness (QED) is 0.117. The Labute approximate surface area is 192 Å². The van der Waals surface area contributed by atoms with Crippen molar-refractivity contribution < 1.29 is 79.8 Å². The van der Waals surface area contributed by atoms with Crippen molar-refractivity contribution in [2.75, 3.05) is 27.3 Å². The zero-order valence-corrected chi connectivity index (χ0v) is 18.1. The van der Waals surface area contributed by atoms with Crippen molar-refractivity contribution in [3.8, 4) is 0 Å². The number of ether oxygens (including phenoxy) is 2. The molecule has 2 rings (SSSR count). The van der Waals surface area contributed by atoms with Gasteiger partial charge in [-0.15, -0.1) is 0 Å². The molecule has 0 spiro atoms. The maximum Gasteiger partial charge on any atom is 0.414 e. The zero-order chi connectivity index (χ0) is 26.6. The maximum atomic E-state index is 9.37. The Morgan fingerprint density at radius 1 is 0.647 bits per heavy atom. The average Bonchev–Trinajstić information content (AvgIpc) is 2.80. The second-order valence-electron chi connectivity index (χ2n) is 6.65. The van der Waals surface area contributed by atoms with E-state index in [0.717, 1.165) is 0 Å². The van der Waals surface area contributed by atoms with E-state index in [1.165, 1.54) is 14.1 Å². The van der Waals surface area contributed by atoms with Crippen LogP contribution in [0.25, 0.3) is 0 Å². The van der Waals surface area contributed by atoms with Gasteiger partial charge in [0.2, 0.25) is 12.6 Å². The molecule has 18 heteroatoms. The van der Waals surface area contributed by atoms with Gasteiger partial charge in [0.25, 0.3) is 0 Å². The molecular weight excluding hydrogens is 476 g/mol. The Balaban J connectivity index is 0.000000521. The summed E-state index contributed by atoms with van der Waals surface area (Å²) in [5, 5.41) is 88.5. The van der Waals surface area contributed by atoms with Gasteiger partial charge in [0.05, 0.1) is 13.2 Å². The molecule has 2 fully saturated rings. The molecule has 0 amide bonds. The highest BCUT2D eigenvalue weighted by molar-refractivity contribution is 6.27. The zero-order valence-electron chi connectivity index (χ0n) is 18.1. The monoisotopic (exact) mass is 508 g/mol. The Kier molecular flexibility index (Phi) is 15.4. The molecule has 12 N–H and O–H groups in total. The van der Waals surface area contributed by atoms with Crippen molar-refractivity contribution in [1.29, 1.82) is 0 Å². The molecule has 0 radical (unpaired) electrons. The van der Waals surface area contributed by atoms with Crippen LogP contribution in [0.15, 0.2) is 0 Å². The molecule has 2 aliphatic heterocycles. The molecule has 2 aliphatic rings. The first-order chi connectivity index (χ1) is 15.9. The second-order valence-corrected chi connectivity index (χ2v) is 6.65. The van der Waals surface area contributed by atoms with Crippen LogP contribution in [-0.4, -0.2) is 152 Å². The Morgan fingerprint density at radius 3 is 1.15 bits per heavy atom. The van der Waals surface area contributed by atoms with Crippen LogP contribution >= 0.6 is 0 Å². The van der Waals surface area contributed by atoms with Gasteiger partial charge in [-0.3, -0.25) is 9.68 Å². The maximum absolute atomic E-state index is 9.37. The normalized spacial score (nSPS) is 37.5. The van der Waals surface area contributed by atoms with Gasteiger partial charge in [0.1, 0.15) is 48.8 Å². The lowest BCUT2D eigenvalue weighted by molar-refractivity contribution is -0.314. The van der Waals surface area contributed by atoms with Crippen LogP contribution < -0.4 is 11.0 Å². The van der Waals surface area contributed by atoms with Crippen molar-refractivity contribution in [2.45, 2.75) is 61.4 Å². The van der Waals surface area contributed by atoms with Crippen molar-refractivity contribution in [3.05, 3.63) is 0 Å². The van der Waals surface area contributed by atoms with E-state index in [-0.39, 0.29) is 0 Å². The molecule has 0 saturated carbocycles. The van der Waals surface area contributed by atoms with Gasteiger partial charge in [0, 0.05) is 14.1 Å². The summed E-state index contributed by atoms with van der Waals surface area (Å²) < 4.78 is 9.95. The number of rotatable bonds is 6. The number of carboxylic acids is 2. The third kappa shape index (κ3) is 9.56. The lowest BCUT2D eigenvalue weighted by Crippen LogP contribution is -2.59. The number of hydrogen-bond acceptors (Lipinski definition) is 16. The molecule has 0 aromatic heterocycles. The van der Waals surface area contributed by atoms with Crippen molar-refractivity contribution in [1.82, 2.24) is 11.0 Å². The first-order valence-corrected chi connectivity index (χ1v) is 9.59. The minimum atomic E-state index is -1.82. The summed E-state index contributed by atoms with van der Waals surface area (Å²) >= 11 is 0. The van der Waals surface area contributed by atoms with Crippen molar-refractivity contribution >= 4 is 11.9 Å².